The van der Waals surface area contributed by atoms with E-state index in [9.17, 15) is 0 Å². The molecule has 0 amide bonds. The second kappa shape index (κ2) is 7.58. The summed E-state index contributed by atoms with van der Waals surface area (Å²) in [5.74, 6) is -0.391. The summed E-state index contributed by atoms with van der Waals surface area (Å²) in [6.45, 7) is 2.06. The van der Waals surface area contributed by atoms with E-state index in [0.717, 1.165) is 43.0 Å². The van der Waals surface area contributed by atoms with Gasteiger partial charge in [0.2, 0.25) is 0 Å². The number of benzene rings is 3. The average Bonchev–Trinajstić information content (AvgIpc) is 3.17. The van der Waals surface area contributed by atoms with Crippen LogP contribution in [0.4, 0.5) is 4.39 Å². The Morgan fingerprint density at radius 1 is 0.969 bits per heavy atom. The molecular formula is C28H23FNOSe+. The van der Waals surface area contributed by atoms with Crippen molar-refractivity contribution >= 4 is 41.4 Å². The van der Waals surface area contributed by atoms with E-state index >= 15 is 4.39 Å². The maximum absolute atomic E-state index is 15.5. The molecule has 3 aromatic carbocycles. The Morgan fingerprint density at radius 2 is 1.78 bits per heavy atom. The summed E-state index contributed by atoms with van der Waals surface area (Å²) >= 11 is 0.182. The molecule has 0 fully saturated rings. The van der Waals surface area contributed by atoms with Gasteiger partial charge in [0.25, 0.3) is 0 Å². The monoisotopic (exact) mass is 490 g/mol. The Kier molecular flexibility index (Phi) is 4.17. The topological polar surface area (TPSA) is 17.0 Å². The summed E-state index contributed by atoms with van der Waals surface area (Å²) in [7, 11) is 2.00. The van der Waals surface area contributed by atoms with Crippen molar-refractivity contribution in [1.29, 1.82) is 0 Å². The van der Waals surface area contributed by atoms with E-state index in [1.165, 1.54) is 6.07 Å². The Morgan fingerprint density at radius 3 is 2.62 bits per heavy atom. The molecule has 1 aliphatic heterocycles. The molecular weight excluding hydrogens is 464 g/mol. The van der Waals surface area contributed by atoms with Crippen molar-refractivity contribution in [2.75, 3.05) is 0 Å². The van der Waals surface area contributed by atoms with Crippen LogP contribution in [0.5, 0.6) is 0 Å². The standard InChI is InChI=1S/C28H23FNOSe/c1-17-11-12-20-21-13-14-22(29)26(19-7-5-10-24-18(19)8-6-16-32-24)28(21)31-27(20)25(17)23-9-3-4-15-30(23)2/h3-5,7,9-15H,6,8,16H2,1-2H3/q+1/i8D2. The average molecular weight is 489 g/mol. The van der Waals surface area contributed by atoms with Gasteiger partial charge in [-0.2, -0.15) is 0 Å². The van der Waals surface area contributed by atoms with Crippen molar-refractivity contribution in [3.63, 3.8) is 0 Å². The van der Waals surface area contributed by atoms with Crippen LogP contribution in [0.3, 0.4) is 0 Å². The van der Waals surface area contributed by atoms with E-state index in [2.05, 4.69) is 23.6 Å². The van der Waals surface area contributed by atoms with Gasteiger partial charge in [-0.05, 0) is 0 Å². The minimum absolute atomic E-state index is 0.182. The number of aryl methyl sites for hydroxylation is 2. The Labute approximate surface area is 195 Å². The molecule has 1 aliphatic rings. The Hall–Kier alpha value is -2.94. The van der Waals surface area contributed by atoms with Gasteiger partial charge in [-0.3, -0.25) is 0 Å². The molecule has 0 atom stereocenters. The number of fused-ring (bicyclic) bond motifs is 4. The number of furan rings is 1. The second-order valence-electron chi connectivity index (χ2n) is 8.19. The summed E-state index contributed by atoms with van der Waals surface area (Å²) < 4.78 is 42.5. The van der Waals surface area contributed by atoms with Crippen LogP contribution in [0.25, 0.3) is 44.3 Å². The van der Waals surface area contributed by atoms with Gasteiger partial charge in [0.15, 0.2) is 0 Å². The fraction of sp³-hybridized carbons (Fsp3) is 0.179. The summed E-state index contributed by atoms with van der Waals surface area (Å²) in [4.78, 5) is 0. The van der Waals surface area contributed by atoms with Gasteiger partial charge in [-0.15, -0.1) is 0 Å². The molecule has 0 unspecified atom stereocenters. The number of hydrogen-bond acceptors (Lipinski definition) is 1. The molecule has 5 aromatic rings. The van der Waals surface area contributed by atoms with Crippen LogP contribution in [0.2, 0.25) is 5.32 Å². The third-order valence-corrected chi connectivity index (χ3v) is 8.46. The first kappa shape index (κ1) is 17.6. The molecule has 0 N–H and O–H groups in total. The number of nitrogens with zero attached hydrogens (tertiary/aromatic N) is 1. The van der Waals surface area contributed by atoms with Gasteiger partial charge in [0.1, 0.15) is 0 Å². The van der Waals surface area contributed by atoms with Gasteiger partial charge < -0.3 is 0 Å². The second-order valence-corrected chi connectivity index (χ2v) is 10.6. The molecule has 0 spiro atoms. The van der Waals surface area contributed by atoms with Crippen LogP contribution in [0.1, 0.15) is 20.3 Å². The number of hydrogen-bond donors (Lipinski definition) is 0. The van der Waals surface area contributed by atoms with E-state index in [4.69, 9.17) is 7.16 Å². The number of halogens is 1. The normalized spacial score (nSPS) is 16.1. The van der Waals surface area contributed by atoms with Crippen molar-refractivity contribution in [3.05, 3.63) is 83.8 Å². The van der Waals surface area contributed by atoms with Crippen molar-refractivity contribution in [3.8, 4) is 22.4 Å². The molecule has 6 rings (SSSR count). The Balaban J connectivity index is 1.72. The summed E-state index contributed by atoms with van der Waals surface area (Å²) in [5, 5.41) is 2.62. The van der Waals surface area contributed by atoms with Crippen LogP contribution in [0, 0.1) is 12.7 Å². The number of aromatic nitrogens is 1. The first-order chi connectivity index (χ1) is 16.4. The summed E-state index contributed by atoms with van der Waals surface area (Å²) in [6.07, 6.45) is 0.968. The van der Waals surface area contributed by atoms with Crippen molar-refractivity contribution in [2.24, 2.45) is 7.05 Å². The molecule has 0 saturated carbocycles. The zero-order chi connectivity index (χ0) is 23.6. The van der Waals surface area contributed by atoms with Crippen LogP contribution in [0.15, 0.2) is 71.3 Å². The van der Waals surface area contributed by atoms with Crippen LogP contribution < -0.4 is 9.03 Å². The molecule has 2 aromatic heterocycles. The molecule has 0 bridgehead atoms. The molecule has 158 valence electrons. The van der Waals surface area contributed by atoms with E-state index in [0.29, 0.717) is 28.7 Å². The summed E-state index contributed by atoms with van der Waals surface area (Å²) in [5.41, 5.74) is 5.86. The van der Waals surface area contributed by atoms with Crippen molar-refractivity contribution in [1.82, 2.24) is 0 Å². The van der Waals surface area contributed by atoms with Crippen molar-refractivity contribution < 1.29 is 16.1 Å². The zero-order valence-electron chi connectivity index (χ0n) is 19.9. The van der Waals surface area contributed by atoms with Crippen LogP contribution in [-0.2, 0) is 13.4 Å². The fourth-order valence-electron chi connectivity index (χ4n) is 4.71. The zero-order valence-corrected chi connectivity index (χ0v) is 19.6. The molecule has 0 saturated heterocycles. The predicted octanol–water partition coefficient (Wildman–Crippen LogP) is 5.89. The maximum atomic E-state index is 15.5. The molecule has 0 aliphatic carbocycles. The molecule has 0 radical (unpaired) electrons. The third-order valence-electron chi connectivity index (χ3n) is 6.24. The van der Waals surface area contributed by atoms with E-state index in [1.807, 2.05) is 49.6 Å². The van der Waals surface area contributed by atoms with Gasteiger partial charge in [0.05, 0.1) is 0 Å². The van der Waals surface area contributed by atoms with Crippen LogP contribution >= 0.6 is 0 Å². The van der Waals surface area contributed by atoms with E-state index in [1.54, 1.807) is 6.07 Å². The molecule has 4 heteroatoms. The van der Waals surface area contributed by atoms with E-state index in [-0.39, 0.29) is 15.0 Å². The fourth-order valence-corrected chi connectivity index (χ4v) is 6.65. The summed E-state index contributed by atoms with van der Waals surface area (Å²) in [6, 6.07) is 19.2. The van der Waals surface area contributed by atoms with Gasteiger partial charge in [-0.25, -0.2) is 0 Å². The molecule has 3 heterocycles. The SMILES string of the molecule is [2H]C1([2H])CC[Se]c2cccc(-c3c(F)ccc4c3oc3c(-c5cccc[n+]5C)c(C)ccc34)c21. The predicted molar refractivity (Wildman–Crippen MR) is 129 cm³/mol. The number of rotatable bonds is 2. The van der Waals surface area contributed by atoms with Crippen molar-refractivity contribution in [2.45, 2.75) is 25.0 Å². The van der Waals surface area contributed by atoms with Gasteiger partial charge in [0, 0.05) is 0 Å². The molecule has 2 nitrogen and oxygen atoms in total. The van der Waals surface area contributed by atoms with Gasteiger partial charge >= 0.3 is 196 Å². The van der Waals surface area contributed by atoms with E-state index < -0.39 is 12.2 Å². The van der Waals surface area contributed by atoms with Gasteiger partial charge in [-0.1, -0.05) is 0 Å². The van der Waals surface area contributed by atoms with Crippen LogP contribution in [-0.4, -0.2) is 15.0 Å². The first-order valence-electron chi connectivity index (χ1n) is 11.7. The minimum atomic E-state index is -1.49. The molecule has 32 heavy (non-hydrogen) atoms. The Bertz CT molecular complexity index is 1610. The first-order valence-corrected chi connectivity index (χ1v) is 12.8. The number of pyridine rings is 1. The third kappa shape index (κ3) is 2.94. The quantitative estimate of drug-likeness (QED) is 0.223.